The van der Waals surface area contributed by atoms with Gasteiger partial charge < -0.3 is 15.5 Å². The molecule has 2 N–H and O–H groups in total. The van der Waals surface area contributed by atoms with Gasteiger partial charge in [0.15, 0.2) is 0 Å². The lowest BCUT2D eigenvalue weighted by molar-refractivity contribution is -0.129. The molecule has 2 rings (SSSR count). The van der Waals surface area contributed by atoms with Gasteiger partial charge in [-0.1, -0.05) is 30.3 Å². The Labute approximate surface area is 121 Å². The van der Waals surface area contributed by atoms with Crippen LogP contribution in [-0.2, 0) is 4.79 Å². The SMILES string of the molecule is CN(C)C(CNC(=O)C1(C)CCNC1)c1ccccc1. The minimum Gasteiger partial charge on any atom is -0.354 e. The molecule has 1 saturated heterocycles. The van der Waals surface area contributed by atoms with E-state index in [9.17, 15) is 4.79 Å². The molecule has 0 spiro atoms. The lowest BCUT2D eigenvalue weighted by Gasteiger charge is -2.28. The molecule has 0 radical (unpaired) electrons. The maximum atomic E-state index is 12.4. The highest BCUT2D eigenvalue weighted by Crippen LogP contribution is 2.25. The van der Waals surface area contributed by atoms with Gasteiger partial charge in [0, 0.05) is 13.1 Å². The smallest absolute Gasteiger partial charge is 0.227 e. The van der Waals surface area contributed by atoms with E-state index in [0.29, 0.717) is 6.54 Å². The van der Waals surface area contributed by atoms with E-state index in [2.05, 4.69) is 27.7 Å². The lowest BCUT2D eigenvalue weighted by atomic mass is 9.88. The van der Waals surface area contributed by atoms with E-state index in [1.54, 1.807) is 0 Å². The maximum Gasteiger partial charge on any atom is 0.227 e. The van der Waals surface area contributed by atoms with Gasteiger partial charge in [0.1, 0.15) is 0 Å². The summed E-state index contributed by atoms with van der Waals surface area (Å²) in [6, 6.07) is 10.5. The molecule has 1 aromatic carbocycles. The largest absolute Gasteiger partial charge is 0.354 e. The Morgan fingerprint density at radius 2 is 2.10 bits per heavy atom. The van der Waals surface area contributed by atoms with Crippen molar-refractivity contribution in [3.05, 3.63) is 35.9 Å². The first-order valence-corrected chi connectivity index (χ1v) is 7.23. The molecule has 110 valence electrons. The van der Waals surface area contributed by atoms with Crippen molar-refractivity contribution in [2.45, 2.75) is 19.4 Å². The quantitative estimate of drug-likeness (QED) is 0.854. The third-order valence-electron chi connectivity index (χ3n) is 4.18. The molecule has 4 heteroatoms. The summed E-state index contributed by atoms with van der Waals surface area (Å²) < 4.78 is 0. The number of benzene rings is 1. The molecular formula is C16H25N3O. The fourth-order valence-corrected chi connectivity index (χ4v) is 2.69. The summed E-state index contributed by atoms with van der Waals surface area (Å²) in [6.07, 6.45) is 0.913. The second-order valence-corrected chi connectivity index (χ2v) is 6.09. The van der Waals surface area contributed by atoms with Crippen LogP contribution in [0.25, 0.3) is 0 Å². The first-order valence-electron chi connectivity index (χ1n) is 7.23. The highest BCUT2D eigenvalue weighted by molar-refractivity contribution is 5.82. The van der Waals surface area contributed by atoms with Crippen molar-refractivity contribution in [2.75, 3.05) is 33.7 Å². The predicted molar refractivity (Wildman–Crippen MR) is 81.5 cm³/mol. The summed E-state index contributed by atoms with van der Waals surface area (Å²) in [5.41, 5.74) is 0.973. The highest BCUT2D eigenvalue weighted by atomic mass is 16.2. The average Bonchev–Trinajstić information content (AvgIpc) is 2.88. The van der Waals surface area contributed by atoms with Gasteiger partial charge in [0.05, 0.1) is 11.5 Å². The molecule has 1 heterocycles. The molecule has 2 atom stereocenters. The number of hydrogen-bond acceptors (Lipinski definition) is 3. The van der Waals surface area contributed by atoms with Gasteiger partial charge in [-0.3, -0.25) is 4.79 Å². The number of amides is 1. The van der Waals surface area contributed by atoms with Crippen molar-refractivity contribution in [3.8, 4) is 0 Å². The maximum absolute atomic E-state index is 12.4. The van der Waals surface area contributed by atoms with Gasteiger partial charge in [-0.05, 0) is 39.5 Å². The van der Waals surface area contributed by atoms with Crippen LogP contribution < -0.4 is 10.6 Å². The number of carbonyl (C=O) groups is 1. The molecule has 0 aliphatic carbocycles. The lowest BCUT2D eigenvalue weighted by Crippen LogP contribution is -2.43. The molecule has 4 nitrogen and oxygen atoms in total. The first kappa shape index (κ1) is 15.0. The highest BCUT2D eigenvalue weighted by Gasteiger charge is 2.36. The van der Waals surface area contributed by atoms with Crippen LogP contribution in [-0.4, -0.2) is 44.5 Å². The van der Waals surface area contributed by atoms with Crippen LogP contribution in [0.4, 0.5) is 0 Å². The Morgan fingerprint density at radius 3 is 2.65 bits per heavy atom. The van der Waals surface area contributed by atoms with Crippen LogP contribution in [0.15, 0.2) is 30.3 Å². The Morgan fingerprint density at radius 1 is 1.40 bits per heavy atom. The summed E-state index contributed by atoms with van der Waals surface area (Å²) in [5.74, 6) is 0.158. The van der Waals surface area contributed by atoms with E-state index in [1.165, 1.54) is 5.56 Å². The number of likely N-dealkylation sites (N-methyl/N-ethyl adjacent to an activating group) is 1. The summed E-state index contributed by atoms with van der Waals surface area (Å²) in [7, 11) is 4.09. The molecule has 0 bridgehead atoms. The van der Waals surface area contributed by atoms with Crippen LogP contribution >= 0.6 is 0 Å². The average molecular weight is 275 g/mol. The van der Waals surface area contributed by atoms with Crippen molar-refractivity contribution in [3.63, 3.8) is 0 Å². The van der Waals surface area contributed by atoms with Crippen LogP contribution in [0.5, 0.6) is 0 Å². The van der Waals surface area contributed by atoms with Gasteiger partial charge in [-0.25, -0.2) is 0 Å². The zero-order chi connectivity index (χ0) is 14.6. The molecule has 0 aromatic heterocycles. The van der Waals surface area contributed by atoms with Crippen molar-refractivity contribution < 1.29 is 4.79 Å². The zero-order valence-electron chi connectivity index (χ0n) is 12.6. The van der Waals surface area contributed by atoms with E-state index >= 15 is 0 Å². The number of nitrogens with one attached hydrogen (secondary N) is 2. The van der Waals surface area contributed by atoms with E-state index < -0.39 is 0 Å². The fraction of sp³-hybridized carbons (Fsp3) is 0.562. The first-order chi connectivity index (χ1) is 9.53. The summed E-state index contributed by atoms with van der Waals surface area (Å²) >= 11 is 0. The zero-order valence-corrected chi connectivity index (χ0v) is 12.6. The minimum atomic E-state index is -0.256. The molecule has 0 saturated carbocycles. The summed E-state index contributed by atoms with van der Waals surface area (Å²) in [6.45, 7) is 4.39. The third kappa shape index (κ3) is 3.38. The molecule has 20 heavy (non-hydrogen) atoms. The van der Waals surface area contributed by atoms with Crippen LogP contribution in [0.1, 0.15) is 24.9 Å². The molecule has 1 aliphatic rings. The number of rotatable bonds is 5. The Bertz CT molecular complexity index is 438. The van der Waals surface area contributed by atoms with Gasteiger partial charge in [-0.15, -0.1) is 0 Å². The van der Waals surface area contributed by atoms with Crippen molar-refractivity contribution in [1.82, 2.24) is 15.5 Å². The van der Waals surface area contributed by atoms with E-state index in [0.717, 1.165) is 19.5 Å². The molecule has 2 unspecified atom stereocenters. The van der Waals surface area contributed by atoms with Crippen molar-refractivity contribution in [1.29, 1.82) is 0 Å². The standard InChI is InChI=1S/C16H25N3O/c1-16(9-10-17-12-16)15(20)18-11-14(19(2)3)13-7-5-4-6-8-13/h4-8,14,17H,9-12H2,1-3H3,(H,18,20). The normalized spacial score (nSPS) is 23.8. The monoisotopic (exact) mass is 275 g/mol. The fourth-order valence-electron chi connectivity index (χ4n) is 2.69. The predicted octanol–water partition coefficient (Wildman–Crippen LogP) is 1.41. The van der Waals surface area contributed by atoms with Gasteiger partial charge in [-0.2, -0.15) is 0 Å². The Hall–Kier alpha value is -1.39. The summed E-state index contributed by atoms with van der Waals surface area (Å²) in [4.78, 5) is 14.5. The van der Waals surface area contributed by atoms with Crippen LogP contribution in [0.3, 0.4) is 0 Å². The topological polar surface area (TPSA) is 44.4 Å². The molecule has 1 fully saturated rings. The van der Waals surface area contributed by atoms with Crippen molar-refractivity contribution >= 4 is 5.91 Å². The third-order valence-corrected chi connectivity index (χ3v) is 4.18. The second-order valence-electron chi connectivity index (χ2n) is 6.09. The Balaban J connectivity index is 1.98. The molecule has 1 aliphatic heterocycles. The number of nitrogens with zero attached hydrogens (tertiary/aromatic N) is 1. The Kier molecular flexibility index (Phi) is 4.78. The van der Waals surface area contributed by atoms with E-state index in [1.807, 2.05) is 39.2 Å². The van der Waals surface area contributed by atoms with Gasteiger partial charge >= 0.3 is 0 Å². The van der Waals surface area contributed by atoms with Crippen LogP contribution in [0.2, 0.25) is 0 Å². The number of carbonyl (C=O) groups excluding carboxylic acids is 1. The molecule has 1 aromatic rings. The van der Waals surface area contributed by atoms with Gasteiger partial charge in [0.25, 0.3) is 0 Å². The minimum absolute atomic E-state index is 0.158. The number of hydrogen-bond donors (Lipinski definition) is 2. The van der Waals surface area contributed by atoms with E-state index in [4.69, 9.17) is 0 Å². The van der Waals surface area contributed by atoms with Crippen LogP contribution in [0, 0.1) is 5.41 Å². The molecular weight excluding hydrogens is 250 g/mol. The summed E-state index contributed by atoms with van der Waals surface area (Å²) in [5, 5.41) is 6.39. The second kappa shape index (κ2) is 6.37. The van der Waals surface area contributed by atoms with Crippen molar-refractivity contribution in [2.24, 2.45) is 5.41 Å². The van der Waals surface area contributed by atoms with E-state index in [-0.39, 0.29) is 17.4 Å². The molecule has 1 amide bonds. The van der Waals surface area contributed by atoms with Gasteiger partial charge in [0.2, 0.25) is 5.91 Å².